The quantitative estimate of drug-likeness (QED) is 0.871. The van der Waals surface area contributed by atoms with Crippen molar-refractivity contribution in [3.8, 4) is 11.5 Å². The van der Waals surface area contributed by atoms with Crippen molar-refractivity contribution in [3.63, 3.8) is 0 Å². The van der Waals surface area contributed by atoms with Crippen molar-refractivity contribution in [2.24, 2.45) is 5.92 Å². The Hall–Kier alpha value is -1.46. The van der Waals surface area contributed by atoms with Crippen LogP contribution in [0.5, 0.6) is 11.5 Å². The summed E-state index contributed by atoms with van der Waals surface area (Å²) >= 11 is 6.12. The lowest BCUT2D eigenvalue weighted by molar-refractivity contribution is -0.118. The van der Waals surface area contributed by atoms with Gasteiger partial charge < -0.3 is 20.1 Å². The van der Waals surface area contributed by atoms with Crippen molar-refractivity contribution in [2.45, 2.75) is 19.4 Å². The molecule has 6 heteroatoms. The molecule has 19 heavy (non-hydrogen) atoms. The highest BCUT2D eigenvalue weighted by molar-refractivity contribution is 6.34. The number of carbonyl (C=O) groups is 1. The van der Waals surface area contributed by atoms with Gasteiger partial charge >= 0.3 is 0 Å². The number of halogens is 1. The van der Waals surface area contributed by atoms with Crippen molar-refractivity contribution in [2.75, 3.05) is 18.7 Å². The first-order valence-corrected chi connectivity index (χ1v) is 6.66. The van der Waals surface area contributed by atoms with Crippen LogP contribution >= 0.6 is 11.6 Å². The van der Waals surface area contributed by atoms with E-state index in [0.29, 0.717) is 28.1 Å². The molecular formula is C13H15ClN2O3. The van der Waals surface area contributed by atoms with E-state index in [-0.39, 0.29) is 18.7 Å². The monoisotopic (exact) mass is 282 g/mol. The molecular weight excluding hydrogens is 268 g/mol. The largest absolute Gasteiger partial charge is 0.454 e. The van der Waals surface area contributed by atoms with Crippen molar-refractivity contribution >= 4 is 23.2 Å². The number of nitrogens with one attached hydrogen (secondary N) is 2. The lowest BCUT2D eigenvalue weighted by Crippen LogP contribution is -2.39. The Morgan fingerprint density at radius 3 is 2.84 bits per heavy atom. The van der Waals surface area contributed by atoms with Crippen molar-refractivity contribution in [1.82, 2.24) is 5.32 Å². The number of benzene rings is 1. The van der Waals surface area contributed by atoms with Crippen LogP contribution in [-0.2, 0) is 4.79 Å². The summed E-state index contributed by atoms with van der Waals surface area (Å²) in [6, 6.07) is 3.19. The number of hydrogen-bond acceptors (Lipinski definition) is 4. The molecule has 0 bridgehead atoms. The second kappa shape index (κ2) is 4.90. The Morgan fingerprint density at radius 2 is 2.16 bits per heavy atom. The van der Waals surface area contributed by atoms with Gasteiger partial charge in [0.1, 0.15) is 0 Å². The molecule has 0 saturated carbocycles. The Kier molecular flexibility index (Phi) is 3.24. The van der Waals surface area contributed by atoms with E-state index in [1.54, 1.807) is 12.1 Å². The molecule has 102 valence electrons. The van der Waals surface area contributed by atoms with E-state index in [1.165, 1.54) is 0 Å². The van der Waals surface area contributed by atoms with Crippen LogP contribution in [0.1, 0.15) is 13.3 Å². The highest BCUT2D eigenvalue weighted by Crippen LogP contribution is 2.39. The van der Waals surface area contributed by atoms with E-state index >= 15 is 0 Å². The van der Waals surface area contributed by atoms with Crippen LogP contribution in [0.15, 0.2) is 12.1 Å². The van der Waals surface area contributed by atoms with Crippen LogP contribution in [0.4, 0.5) is 5.69 Å². The minimum Gasteiger partial charge on any atom is -0.454 e. The van der Waals surface area contributed by atoms with Gasteiger partial charge in [-0.25, -0.2) is 0 Å². The molecule has 2 aliphatic heterocycles. The summed E-state index contributed by atoms with van der Waals surface area (Å²) in [5, 5.41) is 6.48. The minimum atomic E-state index is -0.165. The number of amides is 1. The van der Waals surface area contributed by atoms with Gasteiger partial charge in [-0.1, -0.05) is 18.5 Å². The molecule has 2 aliphatic rings. The van der Waals surface area contributed by atoms with Gasteiger partial charge in [-0.05, 0) is 18.9 Å². The molecule has 2 N–H and O–H groups in total. The average Bonchev–Trinajstić information content (AvgIpc) is 2.98. The molecule has 2 atom stereocenters. The second-order valence-corrected chi connectivity index (χ2v) is 5.28. The Morgan fingerprint density at radius 1 is 1.42 bits per heavy atom. The highest BCUT2D eigenvalue weighted by Gasteiger charge is 2.30. The third-order valence-corrected chi connectivity index (χ3v) is 3.85. The number of rotatable bonds is 2. The number of ether oxygens (including phenoxy) is 2. The summed E-state index contributed by atoms with van der Waals surface area (Å²) in [5.74, 6) is 1.47. The van der Waals surface area contributed by atoms with E-state index in [1.807, 2.05) is 0 Å². The van der Waals surface area contributed by atoms with Gasteiger partial charge in [-0.2, -0.15) is 0 Å². The maximum Gasteiger partial charge on any atom is 0.241 e. The van der Waals surface area contributed by atoms with E-state index < -0.39 is 0 Å². The summed E-state index contributed by atoms with van der Waals surface area (Å²) in [5.41, 5.74) is 0.553. The Balaban J connectivity index is 1.78. The van der Waals surface area contributed by atoms with Gasteiger partial charge in [0.25, 0.3) is 0 Å². The highest BCUT2D eigenvalue weighted by atomic mass is 35.5. The van der Waals surface area contributed by atoms with Gasteiger partial charge in [0.15, 0.2) is 11.5 Å². The van der Waals surface area contributed by atoms with Gasteiger partial charge in [0, 0.05) is 12.1 Å². The SMILES string of the molecule is CC1CCNC1C(=O)Nc1cc2c(cc1Cl)OCO2. The smallest absolute Gasteiger partial charge is 0.241 e. The molecule has 1 amide bonds. The predicted molar refractivity (Wildman–Crippen MR) is 71.8 cm³/mol. The number of hydrogen-bond donors (Lipinski definition) is 2. The van der Waals surface area contributed by atoms with Crippen LogP contribution in [0, 0.1) is 5.92 Å². The van der Waals surface area contributed by atoms with Gasteiger partial charge in [-0.15, -0.1) is 0 Å². The number of carbonyl (C=O) groups excluding carboxylic acids is 1. The fourth-order valence-electron chi connectivity index (χ4n) is 2.41. The fraction of sp³-hybridized carbons (Fsp3) is 0.462. The summed E-state index contributed by atoms with van der Waals surface area (Å²) in [7, 11) is 0. The third-order valence-electron chi connectivity index (χ3n) is 3.54. The molecule has 0 radical (unpaired) electrons. The zero-order valence-electron chi connectivity index (χ0n) is 10.5. The summed E-state index contributed by atoms with van der Waals surface area (Å²) < 4.78 is 10.5. The van der Waals surface area contributed by atoms with Gasteiger partial charge in [0.05, 0.1) is 16.8 Å². The van der Waals surface area contributed by atoms with Crippen LogP contribution in [0.25, 0.3) is 0 Å². The van der Waals surface area contributed by atoms with Crippen LogP contribution in [0.3, 0.4) is 0 Å². The Bertz CT molecular complexity index is 521. The van der Waals surface area contributed by atoms with Crippen LogP contribution in [-0.4, -0.2) is 25.3 Å². The van der Waals surface area contributed by atoms with E-state index in [0.717, 1.165) is 13.0 Å². The molecule has 2 unspecified atom stereocenters. The molecule has 3 rings (SSSR count). The lowest BCUT2D eigenvalue weighted by Gasteiger charge is -2.16. The predicted octanol–water partition coefficient (Wildman–Crippen LogP) is 2.01. The first kappa shape index (κ1) is 12.6. The van der Waals surface area contributed by atoms with Crippen molar-refractivity contribution in [1.29, 1.82) is 0 Å². The molecule has 1 aromatic rings. The van der Waals surface area contributed by atoms with E-state index in [4.69, 9.17) is 21.1 Å². The zero-order chi connectivity index (χ0) is 13.4. The van der Waals surface area contributed by atoms with Crippen LogP contribution < -0.4 is 20.1 Å². The molecule has 0 aliphatic carbocycles. The molecule has 1 fully saturated rings. The maximum atomic E-state index is 12.2. The fourth-order valence-corrected chi connectivity index (χ4v) is 2.61. The molecule has 2 heterocycles. The van der Waals surface area contributed by atoms with Crippen molar-refractivity contribution < 1.29 is 14.3 Å². The first-order chi connectivity index (χ1) is 9.15. The molecule has 0 spiro atoms. The molecule has 0 aromatic heterocycles. The Labute approximate surface area is 116 Å². The molecule has 1 saturated heterocycles. The van der Waals surface area contributed by atoms with Crippen LogP contribution in [0.2, 0.25) is 5.02 Å². The second-order valence-electron chi connectivity index (χ2n) is 4.87. The van der Waals surface area contributed by atoms with Gasteiger partial charge in [-0.3, -0.25) is 4.79 Å². The summed E-state index contributed by atoms with van der Waals surface area (Å²) in [4.78, 5) is 12.2. The number of fused-ring (bicyclic) bond motifs is 1. The van der Waals surface area contributed by atoms with E-state index in [9.17, 15) is 4.79 Å². The van der Waals surface area contributed by atoms with E-state index in [2.05, 4.69) is 17.6 Å². The standard InChI is InChI=1S/C13H15ClN2O3/c1-7-2-3-15-12(7)13(17)16-9-5-11-10(4-8(9)14)18-6-19-11/h4-5,7,12,15H,2-3,6H2,1H3,(H,16,17). The lowest BCUT2D eigenvalue weighted by atomic mass is 10.0. The molecule has 5 nitrogen and oxygen atoms in total. The van der Waals surface area contributed by atoms with Crippen molar-refractivity contribution in [3.05, 3.63) is 17.2 Å². The van der Waals surface area contributed by atoms with Gasteiger partial charge in [0.2, 0.25) is 12.7 Å². The summed E-state index contributed by atoms with van der Waals surface area (Å²) in [6.45, 7) is 3.11. The third kappa shape index (κ3) is 2.35. The first-order valence-electron chi connectivity index (χ1n) is 6.28. The topological polar surface area (TPSA) is 59.6 Å². The normalized spacial score (nSPS) is 24.5. The average molecular weight is 283 g/mol. The number of anilines is 1. The summed E-state index contributed by atoms with van der Waals surface area (Å²) in [6.07, 6.45) is 1.01. The minimum absolute atomic E-state index is 0.0641. The maximum absolute atomic E-state index is 12.2. The zero-order valence-corrected chi connectivity index (χ0v) is 11.3. The molecule has 1 aromatic carbocycles.